The number of ether oxygens (including phenoxy) is 1. The van der Waals surface area contributed by atoms with E-state index in [2.05, 4.69) is 35.4 Å². The minimum Gasteiger partial charge on any atom is -0.376 e. The normalized spacial score (nSPS) is 27.0. The van der Waals surface area contributed by atoms with E-state index < -0.39 is 0 Å². The van der Waals surface area contributed by atoms with Gasteiger partial charge in [-0.3, -0.25) is 0 Å². The van der Waals surface area contributed by atoms with Crippen molar-refractivity contribution in [1.82, 2.24) is 4.98 Å². The first-order valence-electron chi connectivity index (χ1n) is 7.05. The summed E-state index contributed by atoms with van der Waals surface area (Å²) in [5, 5.41) is 4.65. The van der Waals surface area contributed by atoms with Crippen LogP contribution in [0.25, 0.3) is 10.2 Å². The maximum Gasteiger partial charge on any atom is 0.184 e. The van der Waals surface area contributed by atoms with Crippen LogP contribution in [0.1, 0.15) is 24.8 Å². The number of rotatable bonds is 3. The average Bonchev–Trinajstić information content (AvgIpc) is 3.00. The molecule has 1 aliphatic heterocycles. The molecule has 2 unspecified atom stereocenters. The van der Waals surface area contributed by atoms with Gasteiger partial charge in [-0.25, -0.2) is 4.98 Å². The molecule has 100 valence electrons. The minimum atomic E-state index is 0.411. The highest BCUT2D eigenvalue weighted by Crippen LogP contribution is 2.40. The Labute approximate surface area is 117 Å². The fourth-order valence-corrected chi connectivity index (χ4v) is 3.93. The van der Waals surface area contributed by atoms with Crippen molar-refractivity contribution in [1.29, 1.82) is 0 Å². The fourth-order valence-electron chi connectivity index (χ4n) is 2.91. The molecule has 2 aliphatic rings. The summed E-state index contributed by atoms with van der Waals surface area (Å²) in [4.78, 5) is 4.68. The molecule has 1 saturated carbocycles. The topological polar surface area (TPSA) is 34.2 Å². The zero-order valence-electron chi connectivity index (χ0n) is 11.1. The first-order valence-corrected chi connectivity index (χ1v) is 7.86. The fraction of sp³-hybridized carbons (Fsp3) is 0.533. The Bertz CT molecular complexity index is 605. The van der Waals surface area contributed by atoms with Gasteiger partial charge in [0.25, 0.3) is 0 Å². The Morgan fingerprint density at radius 3 is 3.05 bits per heavy atom. The standard InChI is InChI=1S/C15H18N2OS/c1-9-2-5-11-13(8-9)19-15(16-11)17-12-6-7-18-14(12)10-3-4-10/h2,5,8,10,12,14H,3-4,6-7H2,1H3,(H,16,17). The SMILES string of the molecule is Cc1ccc2nc(NC3CCOC3C3CC3)sc2c1. The van der Waals surface area contributed by atoms with Crippen LogP contribution in [0.4, 0.5) is 5.13 Å². The predicted octanol–water partition coefficient (Wildman–Crippen LogP) is 3.58. The second kappa shape index (κ2) is 4.46. The average molecular weight is 274 g/mol. The molecule has 3 nitrogen and oxygen atoms in total. The van der Waals surface area contributed by atoms with Gasteiger partial charge in [0.1, 0.15) is 0 Å². The molecule has 2 heterocycles. The van der Waals surface area contributed by atoms with Gasteiger partial charge < -0.3 is 10.1 Å². The highest BCUT2D eigenvalue weighted by molar-refractivity contribution is 7.22. The second-order valence-corrected chi connectivity index (χ2v) is 6.73. The molecular weight excluding hydrogens is 256 g/mol. The van der Waals surface area contributed by atoms with E-state index >= 15 is 0 Å². The van der Waals surface area contributed by atoms with E-state index in [1.807, 2.05) is 0 Å². The number of thiazole rings is 1. The van der Waals surface area contributed by atoms with Crippen molar-refractivity contribution in [2.75, 3.05) is 11.9 Å². The van der Waals surface area contributed by atoms with E-state index in [1.54, 1.807) is 11.3 Å². The van der Waals surface area contributed by atoms with Crippen molar-refractivity contribution in [2.24, 2.45) is 5.92 Å². The number of fused-ring (bicyclic) bond motifs is 1. The number of nitrogens with one attached hydrogen (secondary N) is 1. The lowest BCUT2D eigenvalue weighted by atomic mass is 10.1. The van der Waals surface area contributed by atoms with E-state index in [0.717, 1.165) is 29.6 Å². The van der Waals surface area contributed by atoms with Gasteiger partial charge in [-0.2, -0.15) is 0 Å². The highest BCUT2D eigenvalue weighted by Gasteiger charge is 2.40. The van der Waals surface area contributed by atoms with Gasteiger partial charge in [-0.05, 0) is 49.8 Å². The van der Waals surface area contributed by atoms with Crippen molar-refractivity contribution in [3.8, 4) is 0 Å². The third-order valence-electron chi connectivity index (χ3n) is 4.08. The third kappa shape index (κ3) is 2.23. The van der Waals surface area contributed by atoms with Crippen LogP contribution in [-0.4, -0.2) is 23.7 Å². The lowest BCUT2D eigenvalue weighted by molar-refractivity contribution is 0.0898. The van der Waals surface area contributed by atoms with Gasteiger partial charge in [-0.15, -0.1) is 0 Å². The van der Waals surface area contributed by atoms with E-state index in [0.29, 0.717) is 12.1 Å². The molecule has 2 atom stereocenters. The van der Waals surface area contributed by atoms with Gasteiger partial charge >= 0.3 is 0 Å². The molecule has 0 spiro atoms. The lowest BCUT2D eigenvalue weighted by Crippen LogP contribution is -2.30. The highest BCUT2D eigenvalue weighted by atomic mass is 32.1. The predicted molar refractivity (Wildman–Crippen MR) is 78.8 cm³/mol. The third-order valence-corrected chi connectivity index (χ3v) is 5.02. The molecule has 1 aromatic heterocycles. The van der Waals surface area contributed by atoms with Crippen LogP contribution < -0.4 is 5.32 Å². The summed E-state index contributed by atoms with van der Waals surface area (Å²) in [5.74, 6) is 0.789. The summed E-state index contributed by atoms with van der Waals surface area (Å²) >= 11 is 1.75. The molecule has 0 bridgehead atoms. The van der Waals surface area contributed by atoms with Crippen molar-refractivity contribution in [2.45, 2.75) is 38.3 Å². The van der Waals surface area contributed by atoms with Gasteiger partial charge in [-0.1, -0.05) is 17.4 Å². The smallest absolute Gasteiger partial charge is 0.184 e. The van der Waals surface area contributed by atoms with Crippen molar-refractivity contribution < 1.29 is 4.74 Å². The van der Waals surface area contributed by atoms with Crippen LogP contribution in [0.15, 0.2) is 18.2 Å². The Balaban J connectivity index is 1.57. The maximum absolute atomic E-state index is 5.87. The van der Waals surface area contributed by atoms with Gasteiger partial charge in [0.05, 0.1) is 22.4 Å². The molecule has 2 fully saturated rings. The van der Waals surface area contributed by atoms with E-state index in [9.17, 15) is 0 Å². The molecular formula is C15H18N2OS. The summed E-state index contributed by atoms with van der Waals surface area (Å²) in [6.45, 7) is 3.02. The van der Waals surface area contributed by atoms with E-state index in [4.69, 9.17) is 4.74 Å². The number of nitrogens with zero attached hydrogens (tertiary/aromatic N) is 1. The Hall–Kier alpha value is -1.13. The van der Waals surface area contributed by atoms with Crippen LogP contribution in [0, 0.1) is 12.8 Å². The monoisotopic (exact) mass is 274 g/mol. The largest absolute Gasteiger partial charge is 0.376 e. The maximum atomic E-state index is 5.87. The van der Waals surface area contributed by atoms with E-state index in [1.165, 1.54) is 23.1 Å². The molecule has 4 rings (SSSR count). The molecule has 1 aliphatic carbocycles. The van der Waals surface area contributed by atoms with E-state index in [-0.39, 0.29) is 0 Å². The summed E-state index contributed by atoms with van der Waals surface area (Å²) in [6.07, 6.45) is 4.19. The molecule has 0 amide bonds. The second-order valence-electron chi connectivity index (χ2n) is 5.70. The van der Waals surface area contributed by atoms with Crippen molar-refractivity contribution in [3.05, 3.63) is 23.8 Å². The van der Waals surface area contributed by atoms with Crippen LogP contribution >= 0.6 is 11.3 Å². The van der Waals surface area contributed by atoms with Crippen LogP contribution in [-0.2, 0) is 4.74 Å². The molecule has 1 N–H and O–H groups in total. The molecule has 4 heteroatoms. The number of anilines is 1. The lowest BCUT2D eigenvalue weighted by Gasteiger charge is -2.18. The zero-order chi connectivity index (χ0) is 12.8. The number of hydrogen-bond acceptors (Lipinski definition) is 4. The number of aryl methyl sites for hydroxylation is 1. The molecule has 1 aromatic carbocycles. The Morgan fingerprint density at radius 2 is 2.21 bits per heavy atom. The number of aromatic nitrogens is 1. The summed E-state index contributed by atoms with van der Waals surface area (Å²) in [7, 11) is 0. The summed E-state index contributed by atoms with van der Waals surface area (Å²) in [6, 6.07) is 6.89. The first-order chi connectivity index (χ1) is 9.29. The number of benzene rings is 1. The molecule has 2 aromatic rings. The summed E-state index contributed by atoms with van der Waals surface area (Å²) < 4.78 is 7.14. The Morgan fingerprint density at radius 1 is 1.32 bits per heavy atom. The minimum absolute atomic E-state index is 0.411. The van der Waals surface area contributed by atoms with Gasteiger partial charge in [0, 0.05) is 6.61 Å². The van der Waals surface area contributed by atoms with Gasteiger partial charge in [0.2, 0.25) is 0 Å². The zero-order valence-corrected chi connectivity index (χ0v) is 11.9. The number of hydrogen-bond donors (Lipinski definition) is 1. The molecule has 19 heavy (non-hydrogen) atoms. The molecule has 1 saturated heterocycles. The van der Waals surface area contributed by atoms with Crippen LogP contribution in [0.5, 0.6) is 0 Å². The van der Waals surface area contributed by atoms with Crippen LogP contribution in [0.2, 0.25) is 0 Å². The quantitative estimate of drug-likeness (QED) is 0.929. The summed E-state index contributed by atoms with van der Waals surface area (Å²) in [5.41, 5.74) is 2.39. The Kier molecular flexibility index (Phi) is 2.74. The first kappa shape index (κ1) is 11.7. The van der Waals surface area contributed by atoms with Crippen LogP contribution in [0.3, 0.4) is 0 Å². The van der Waals surface area contributed by atoms with Crippen molar-refractivity contribution >= 4 is 26.7 Å². The van der Waals surface area contributed by atoms with Gasteiger partial charge in [0.15, 0.2) is 5.13 Å². The molecule has 0 radical (unpaired) electrons. The van der Waals surface area contributed by atoms with Crippen molar-refractivity contribution in [3.63, 3.8) is 0 Å².